The minimum atomic E-state index is -0.530. The zero-order valence-corrected chi connectivity index (χ0v) is 8.40. The third kappa shape index (κ3) is 1.91. The molecule has 2 N–H and O–H groups in total. The number of ether oxygens (including phenoxy) is 1. The van der Waals surface area contributed by atoms with E-state index in [1.807, 2.05) is 0 Å². The Morgan fingerprint density at radius 3 is 2.86 bits per heavy atom. The normalized spacial score (nSPS) is 41.0. The number of carbonyl (C=O) groups excluding carboxylic acids is 1. The first-order valence-corrected chi connectivity index (χ1v) is 5.28. The van der Waals surface area contributed by atoms with Gasteiger partial charge in [0, 0.05) is 5.92 Å². The van der Waals surface area contributed by atoms with E-state index in [0.717, 1.165) is 12.8 Å². The summed E-state index contributed by atoms with van der Waals surface area (Å²) in [5.74, 6) is 0.841. The van der Waals surface area contributed by atoms with Crippen LogP contribution in [-0.4, -0.2) is 36.4 Å². The summed E-state index contributed by atoms with van der Waals surface area (Å²) in [5.41, 5.74) is 0. The van der Waals surface area contributed by atoms with E-state index in [1.54, 1.807) is 0 Å². The van der Waals surface area contributed by atoms with Crippen molar-refractivity contribution in [1.82, 2.24) is 5.32 Å². The largest absolute Gasteiger partial charge is 0.388 e. The number of amides is 1. The molecule has 4 atom stereocenters. The Morgan fingerprint density at radius 1 is 1.57 bits per heavy atom. The predicted octanol–water partition coefficient (Wildman–Crippen LogP) is -0.0916. The lowest BCUT2D eigenvalue weighted by atomic mass is 10.2. The molecule has 4 heteroatoms. The third-order valence-electron chi connectivity index (χ3n) is 3.16. The molecule has 4 nitrogen and oxygen atoms in total. The maximum Gasteiger partial charge on any atom is 0.223 e. The molecular formula is C10H17NO3. The van der Waals surface area contributed by atoms with Crippen LogP contribution < -0.4 is 5.32 Å². The van der Waals surface area contributed by atoms with Crippen LogP contribution in [0.5, 0.6) is 0 Å². The quantitative estimate of drug-likeness (QED) is 0.667. The van der Waals surface area contributed by atoms with Gasteiger partial charge in [0.2, 0.25) is 5.91 Å². The summed E-state index contributed by atoms with van der Waals surface area (Å²) in [4.78, 5) is 11.6. The molecule has 1 aliphatic heterocycles. The minimum Gasteiger partial charge on any atom is -0.388 e. The van der Waals surface area contributed by atoms with Crippen molar-refractivity contribution in [1.29, 1.82) is 0 Å². The van der Waals surface area contributed by atoms with Gasteiger partial charge in [-0.05, 0) is 12.3 Å². The van der Waals surface area contributed by atoms with Crippen molar-refractivity contribution < 1.29 is 14.6 Å². The SMILES string of the molecule is CCC1CC1C(=O)NC1COCC1O. The van der Waals surface area contributed by atoms with Crippen molar-refractivity contribution in [3.8, 4) is 0 Å². The molecule has 1 saturated carbocycles. The number of aliphatic hydroxyl groups is 1. The number of hydrogen-bond donors (Lipinski definition) is 2. The molecule has 0 aromatic carbocycles. The first kappa shape index (κ1) is 9.93. The number of carbonyl (C=O) groups is 1. The Morgan fingerprint density at radius 2 is 2.36 bits per heavy atom. The Labute approximate surface area is 83.6 Å². The van der Waals surface area contributed by atoms with Gasteiger partial charge in [0.05, 0.1) is 25.4 Å². The lowest BCUT2D eigenvalue weighted by Crippen LogP contribution is -2.43. The summed E-state index contributed by atoms with van der Waals surface area (Å²) in [5, 5.41) is 12.3. The Kier molecular flexibility index (Phi) is 2.74. The zero-order valence-electron chi connectivity index (χ0n) is 8.40. The molecule has 0 spiro atoms. The fraction of sp³-hybridized carbons (Fsp3) is 0.900. The maximum absolute atomic E-state index is 11.6. The summed E-state index contributed by atoms with van der Waals surface area (Å²) in [7, 11) is 0. The first-order valence-electron chi connectivity index (χ1n) is 5.28. The highest BCUT2D eigenvalue weighted by Gasteiger charge is 2.42. The molecule has 2 aliphatic rings. The van der Waals surface area contributed by atoms with Crippen LogP contribution in [0, 0.1) is 11.8 Å². The van der Waals surface area contributed by atoms with E-state index >= 15 is 0 Å². The van der Waals surface area contributed by atoms with Crippen molar-refractivity contribution in [3.63, 3.8) is 0 Å². The van der Waals surface area contributed by atoms with Gasteiger partial charge in [-0.1, -0.05) is 13.3 Å². The van der Waals surface area contributed by atoms with Gasteiger partial charge in [-0.2, -0.15) is 0 Å². The van der Waals surface area contributed by atoms with Crippen LogP contribution in [0.25, 0.3) is 0 Å². The lowest BCUT2D eigenvalue weighted by molar-refractivity contribution is -0.123. The van der Waals surface area contributed by atoms with Gasteiger partial charge in [0.25, 0.3) is 0 Å². The van der Waals surface area contributed by atoms with E-state index in [2.05, 4.69) is 12.2 Å². The fourth-order valence-electron chi connectivity index (χ4n) is 1.99. The van der Waals surface area contributed by atoms with Gasteiger partial charge < -0.3 is 15.2 Å². The van der Waals surface area contributed by atoms with E-state index < -0.39 is 6.10 Å². The number of hydrogen-bond acceptors (Lipinski definition) is 3. The van der Waals surface area contributed by atoms with Crippen molar-refractivity contribution in [2.45, 2.75) is 31.9 Å². The van der Waals surface area contributed by atoms with Crippen LogP contribution >= 0.6 is 0 Å². The summed E-state index contributed by atoms with van der Waals surface area (Å²) in [6.45, 7) is 2.88. The fourth-order valence-corrected chi connectivity index (χ4v) is 1.99. The molecular weight excluding hydrogens is 182 g/mol. The molecule has 2 rings (SSSR count). The van der Waals surface area contributed by atoms with Crippen LogP contribution in [0.4, 0.5) is 0 Å². The molecule has 0 aromatic heterocycles. The zero-order chi connectivity index (χ0) is 10.1. The smallest absolute Gasteiger partial charge is 0.223 e. The molecule has 1 amide bonds. The van der Waals surface area contributed by atoms with Gasteiger partial charge in [0.15, 0.2) is 0 Å². The van der Waals surface area contributed by atoms with E-state index in [9.17, 15) is 9.90 Å². The highest BCUT2D eigenvalue weighted by molar-refractivity contribution is 5.81. The summed E-state index contributed by atoms with van der Waals surface area (Å²) >= 11 is 0. The van der Waals surface area contributed by atoms with Crippen molar-refractivity contribution in [3.05, 3.63) is 0 Å². The van der Waals surface area contributed by atoms with E-state index in [0.29, 0.717) is 19.1 Å². The van der Waals surface area contributed by atoms with Crippen molar-refractivity contribution in [2.75, 3.05) is 13.2 Å². The molecule has 80 valence electrons. The Hall–Kier alpha value is -0.610. The first-order chi connectivity index (χ1) is 6.72. The second-order valence-corrected chi connectivity index (χ2v) is 4.23. The molecule has 0 radical (unpaired) electrons. The monoisotopic (exact) mass is 199 g/mol. The average Bonchev–Trinajstić information content (AvgIpc) is 2.87. The molecule has 1 heterocycles. The van der Waals surface area contributed by atoms with E-state index in [1.165, 1.54) is 0 Å². The molecule has 0 bridgehead atoms. The summed E-state index contributed by atoms with van der Waals surface area (Å²) in [6.07, 6.45) is 1.55. The molecule has 14 heavy (non-hydrogen) atoms. The average molecular weight is 199 g/mol. The molecule has 4 unspecified atom stereocenters. The second kappa shape index (κ2) is 3.87. The maximum atomic E-state index is 11.6. The van der Waals surface area contributed by atoms with Crippen LogP contribution in [0.1, 0.15) is 19.8 Å². The van der Waals surface area contributed by atoms with Gasteiger partial charge >= 0.3 is 0 Å². The Balaban J connectivity index is 1.77. The standard InChI is InChI=1S/C10H17NO3/c1-2-6-3-7(6)10(13)11-8-4-14-5-9(8)12/h6-9,12H,2-5H2,1H3,(H,11,13). The van der Waals surface area contributed by atoms with Crippen molar-refractivity contribution >= 4 is 5.91 Å². The van der Waals surface area contributed by atoms with Crippen LogP contribution in [-0.2, 0) is 9.53 Å². The van der Waals surface area contributed by atoms with E-state index in [-0.39, 0.29) is 17.9 Å². The highest BCUT2D eigenvalue weighted by atomic mass is 16.5. The van der Waals surface area contributed by atoms with Crippen LogP contribution in [0.3, 0.4) is 0 Å². The number of nitrogens with one attached hydrogen (secondary N) is 1. The second-order valence-electron chi connectivity index (χ2n) is 4.23. The lowest BCUT2D eigenvalue weighted by Gasteiger charge is -2.14. The third-order valence-corrected chi connectivity index (χ3v) is 3.16. The molecule has 1 saturated heterocycles. The van der Waals surface area contributed by atoms with Crippen molar-refractivity contribution in [2.24, 2.45) is 11.8 Å². The van der Waals surface area contributed by atoms with Crippen LogP contribution in [0.2, 0.25) is 0 Å². The van der Waals surface area contributed by atoms with Gasteiger partial charge in [-0.15, -0.1) is 0 Å². The van der Waals surface area contributed by atoms with Gasteiger partial charge in [-0.3, -0.25) is 4.79 Å². The van der Waals surface area contributed by atoms with Gasteiger partial charge in [-0.25, -0.2) is 0 Å². The topological polar surface area (TPSA) is 58.6 Å². The molecule has 2 fully saturated rings. The molecule has 1 aliphatic carbocycles. The van der Waals surface area contributed by atoms with E-state index in [4.69, 9.17) is 4.74 Å². The van der Waals surface area contributed by atoms with Crippen LogP contribution in [0.15, 0.2) is 0 Å². The van der Waals surface area contributed by atoms with Gasteiger partial charge in [0.1, 0.15) is 0 Å². The predicted molar refractivity (Wildman–Crippen MR) is 50.6 cm³/mol. The number of aliphatic hydroxyl groups excluding tert-OH is 1. The minimum absolute atomic E-state index is 0.0893. The number of rotatable bonds is 3. The summed E-state index contributed by atoms with van der Waals surface area (Å²) < 4.78 is 5.06. The molecule has 0 aromatic rings. The Bertz CT molecular complexity index is 231. The summed E-state index contributed by atoms with van der Waals surface area (Å²) in [6, 6.07) is -0.194. The highest BCUT2D eigenvalue weighted by Crippen LogP contribution is 2.41.